The van der Waals surface area contributed by atoms with Crippen LogP contribution >= 0.6 is 0 Å². The van der Waals surface area contributed by atoms with Crippen LogP contribution in [0.3, 0.4) is 0 Å². The molecule has 2 aliphatic heterocycles. The van der Waals surface area contributed by atoms with Crippen molar-refractivity contribution in [3.8, 4) is 0 Å². The van der Waals surface area contributed by atoms with E-state index in [9.17, 15) is 4.79 Å². The minimum atomic E-state index is -0.367. The summed E-state index contributed by atoms with van der Waals surface area (Å²) in [6.07, 6.45) is 2.78. The number of fused-ring (bicyclic) bond motifs is 1. The van der Waals surface area contributed by atoms with E-state index < -0.39 is 0 Å². The van der Waals surface area contributed by atoms with Gasteiger partial charge in [0.15, 0.2) is 0 Å². The zero-order chi connectivity index (χ0) is 17.7. The average molecular weight is 345 g/mol. The third-order valence-corrected chi connectivity index (χ3v) is 5.80. The molecular weight excluding hydrogens is 314 g/mol. The van der Waals surface area contributed by atoms with Gasteiger partial charge in [0.1, 0.15) is 0 Å². The highest BCUT2D eigenvalue weighted by molar-refractivity contribution is 5.83. The topological polar surface area (TPSA) is 53.6 Å². The Morgan fingerprint density at radius 1 is 1.32 bits per heavy atom. The molecule has 3 rings (SSSR count). The molecular formula is C20H31N3O2. The van der Waals surface area contributed by atoms with Gasteiger partial charge in [-0.25, -0.2) is 0 Å². The highest BCUT2D eigenvalue weighted by Crippen LogP contribution is 2.29. The molecule has 0 aromatic heterocycles. The molecule has 0 saturated carbocycles. The number of methoxy groups -OCH3 is 1. The van der Waals surface area contributed by atoms with Crippen molar-refractivity contribution in [2.45, 2.75) is 38.8 Å². The van der Waals surface area contributed by atoms with Crippen molar-refractivity contribution in [3.63, 3.8) is 0 Å². The summed E-state index contributed by atoms with van der Waals surface area (Å²) in [6.45, 7) is 7.21. The van der Waals surface area contributed by atoms with Gasteiger partial charge in [0, 0.05) is 32.8 Å². The van der Waals surface area contributed by atoms with E-state index in [0.717, 1.165) is 45.4 Å². The van der Waals surface area contributed by atoms with Crippen LogP contribution in [-0.2, 0) is 22.5 Å². The van der Waals surface area contributed by atoms with Gasteiger partial charge in [-0.1, -0.05) is 24.3 Å². The summed E-state index contributed by atoms with van der Waals surface area (Å²) in [4.78, 5) is 15.3. The molecule has 2 aliphatic rings. The van der Waals surface area contributed by atoms with Crippen LogP contribution < -0.4 is 10.6 Å². The highest BCUT2D eigenvalue weighted by atomic mass is 16.5. The molecule has 1 saturated heterocycles. The first kappa shape index (κ1) is 18.4. The lowest BCUT2D eigenvalue weighted by atomic mass is 9.78. The Morgan fingerprint density at radius 3 is 2.76 bits per heavy atom. The van der Waals surface area contributed by atoms with Gasteiger partial charge in [0.05, 0.1) is 12.0 Å². The van der Waals surface area contributed by atoms with E-state index in [-0.39, 0.29) is 11.3 Å². The van der Waals surface area contributed by atoms with E-state index in [1.54, 1.807) is 7.11 Å². The number of carbonyl (C=O) groups excluding carboxylic acids is 1. The van der Waals surface area contributed by atoms with Gasteiger partial charge in [-0.15, -0.1) is 0 Å². The number of nitrogens with one attached hydrogen (secondary N) is 2. The van der Waals surface area contributed by atoms with E-state index in [0.29, 0.717) is 19.2 Å². The summed E-state index contributed by atoms with van der Waals surface area (Å²) in [6, 6.07) is 9.01. The normalized spacial score (nSPS) is 21.4. The van der Waals surface area contributed by atoms with Crippen molar-refractivity contribution in [2.24, 2.45) is 5.41 Å². The standard InChI is InChI=1S/C20H31N3O2/c1-16(23-12-7-17-5-3-4-6-18(17)14-23)13-22-19(24)20(15-25-2)8-10-21-11-9-20/h3-6,16,21H,7-15H2,1-2H3,(H,22,24). The van der Waals surface area contributed by atoms with Gasteiger partial charge in [0.2, 0.25) is 5.91 Å². The maximum atomic E-state index is 12.9. The fourth-order valence-corrected chi connectivity index (χ4v) is 4.07. The Hall–Kier alpha value is -1.43. The highest BCUT2D eigenvalue weighted by Gasteiger charge is 2.39. The number of nitrogens with zero attached hydrogens (tertiary/aromatic N) is 1. The number of hydrogen-bond acceptors (Lipinski definition) is 4. The van der Waals surface area contributed by atoms with Crippen molar-refractivity contribution >= 4 is 5.91 Å². The molecule has 5 heteroatoms. The molecule has 25 heavy (non-hydrogen) atoms. The third kappa shape index (κ3) is 4.22. The Bertz CT molecular complexity index is 579. The monoisotopic (exact) mass is 345 g/mol. The van der Waals surface area contributed by atoms with Crippen LogP contribution in [-0.4, -0.2) is 56.7 Å². The van der Waals surface area contributed by atoms with Crippen LogP contribution in [0, 0.1) is 5.41 Å². The fraction of sp³-hybridized carbons (Fsp3) is 0.650. The lowest BCUT2D eigenvalue weighted by Gasteiger charge is -2.37. The van der Waals surface area contributed by atoms with Gasteiger partial charge in [-0.05, 0) is 50.4 Å². The van der Waals surface area contributed by atoms with Crippen molar-refractivity contribution in [3.05, 3.63) is 35.4 Å². The van der Waals surface area contributed by atoms with E-state index in [1.165, 1.54) is 11.1 Å². The molecule has 0 bridgehead atoms. The number of ether oxygens (including phenoxy) is 1. The molecule has 1 fully saturated rings. The maximum absolute atomic E-state index is 12.9. The van der Waals surface area contributed by atoms with E-state index in [2.05, 4.69) is 46.7 Å². The van der Waals surface area contributed by atoms with Crippen molar-refractivity contribution < 1.29 is 9.53 Å². The molecule has 2 heterocycles. The molecule has 0 spiro atoms. The predicted molar refractivity (Wildman–Crippen MR) is 99.4 cm³/mol. The van der Waals surface area contributed by atoms with Gasteiger partial charge in [0.25, 0.3) is 0 Å². The molecule has 0 aliphatic carbocycles. The number of rotatable bonds is 6. The Kier molecular flexibility index (Phi) is 6.10. The van der Waals surface area contributed by atoms with Gasteiger partial charge < -0.3 is 15.4 Å². The molecule has 1 unspecified atom stereocenters. The molecule has 1 aromatic carbocycles. The minimum Gasteiger partial charge on any atom is -0.384 e. The molecule has 138 valence electrons. The number of hydrogen-bond donors (Lipinski definition) is 2. The summed E-state index contributed by atoms with van der Waals surface area (Å²) in [5, 5.41) is 6.55. The first-order valence-corrected chi connectivity index (χ1v) is 9.43. The van der Waals surface area contributed by atoms with Gasteiger partial charge >= 0.3 is 0 Å². The lowest BCUT2D eigenvalue weighted by Crippen LogP contribution is -2.52. The summed E-state index contributed by atoms with van der Waals surface area (Å²) < 4.78 is 5.37. The maximum Gasteiger partial charge on any atom is 0.228 e. The Labute approximate surface area is 151 Å². The van der Waals surface area contributed by atoms with E-state index >= 15 is 0 Å². The van der Waals surface area contributed by atoms with Crippen LogP contribution in [0.1, 0.15) is 30.9 Å². The zero-order valence-electron chi connectivity index (χ0n) is 15.5. The smallest absolute Gasteiger partial charge is 0.228 e. The number of piperidine rings is 1. The number of amides is 1. The average Bonchev–Trinajstić information content (AvgIpc) is 2.66. The molecule has 1 aromatic rings. The lowest BCUT2D eigenvalue weighted by molar-refractivity contribution is -0.136. The van der Waals surface area contributed by atoms with Crippen molar-refractivity contribution in [1.82, 2.24) is 15.5 Å². The second-order valence-electron chi connectivity index (χ2n) is 7.51. The summed E-state index contributed by atoms with van der Waals surface area (Å²) in [5.41, 5.74) is 2.51. The third-order valence-electron chi connectivity index (χ3n) is 5.80. The van der Waals surface area contributed by atoms with Crippen LogP contribution in [0.2, 0.25) is 0 Å². The molecule has 5 nitrogen and oxygen atoms in total. The quantitative estimate of drug-likeness (QED) is 0.822. The second-order valence-corrected chi connectivity index (χ2v) is 7.51. The summed E-state index contributed by atoms with van der Waals surface area (Å²) >= 11 is 0. The number of carbonyl (C=O) groups is 1. The SMILES string of the molecule is COCC1(C(=O)NCC(C)N2CCc3ccccc3C2)CCNCC1. The Balaban J connectivity index is 1.55. The van der Waals surface area contributed by atoms with E-state index in [1.807, 2.05) is 0 Å². The first-order chi connectivity index (χ1) is 12.1. The summed E-state index contributed by atoms with van der Waals surface area (Å²) in [5.74, 6) is 0.153. The van der Waals surface area contributed by atoms with Crippen LogP contribution in [0.5, 0.6) is 0 Å². The van der Waals surface area contributed by atoms with Crippen molar-refractivity contribution in [1.29, 1.82) is 0 Å². The van der Waals surface area contributed by atoms with Crippen LogP contribution in [0.25, 0.3) is 0 Å². The molecule has 0 radical (unpaired) electrons. The fourth-order valence-electron chi connectivity index (χ4n) is 4.07. The van der Waals surface area contributed by atoms with E-state index in [4.69, 9.17) is 4.74 Å². The zero-order valence-corrected chi connectivity index (χ0v) is 15.5. The summed E-state index contributed by atoms with van der Waals surface area (Å²) in [7, 11) is 1.69. The molecule has 1 atom stereocenters. The van der Waals surface area contributed by atoms with Gasteiger partial charge in [-0.2, -0.15) is 0 Å². The molecule has 2 N–H and O–H groups in total. The number of benzene rings is 1. The Morgan fingerprint density at radius 2 is 2.04 bits per heavy atom. The van der Waals surface area contributed by atoms with Crippen LogP contribution in [0.15, 0.2) is 24.3 Å². The van der Waals surface area contributed by atoms with Crippen LogP contribution in [0.4, 0.5) is 0 Å². The molecule has 1 amide bonds. The minimum absolute atomic E-state index is 0.153. The van der Waals surface area contributed by atoms with Crippen molar-refractivity contribution in [2.75, 3.05) is 39.9 Å². The predicted octanol–water partition coefficient (Wildman–Crippen LogP) is 1.57. The first-order valence-electron chi connectivity index (χ1n) is 9.43. The van der Waals surface area contributed by atoms with Gasteiger partial charge in [-0.3, -0.25) is 9.69 Å². The second kappa shape index (κ2) is 8.30. The largest absolute Gasteiger partial charge is 0.384 e.